The molecule has 9 nitrogen and oxygen atoms in total. The van der Waals surface area contributed by atoms with Crippen LogP contribution in [0.5, 0.6) is 17.2 Å². The number of nitrogens with one attached hydrogen (secondary N) is 1. The molecular formula is C31H44N4O5. The molecule has 0 bridgehead atoms. The van der Waals surface area contributed by atoms with E-state index in [1.165, 1.54) is 0 Å². The Bertz CT molecular complexity index is 1160. The molecule has 218 valence electrons. The Labute approximate surface area is 238 Å². The Morgan fingerprint density at radius 1 is 0.950 bits per heavy atom. The lowest BCUT2D eigenvalue weighted by molar-refractivity contribution is -0.128. The molecule has 40 heavy (non-hydrogen) atoms. The molecule has 1 atom stereocenters. The molecule has 2 saturated heterocycles. The number of likely N-dealkylation sites (N-methyl/N-ethyl adjacent to an activating group) is 1. The van der Waals surface area contributed by atoms with Gasteiger partial charge in [0.25, 0.3) is 0 Å². The first-order chi connectivity index (χ1) is 19.4. The standard InChI is InChI=1S/C31H44N4O5/c1-5-6-7-19-40-29-21-25(11-12-27(29)38-3)35-17-8-16-34(31(35)37)22-24-10-9-23(20-28(24)39-4)13-15-32-26-14-18-33(2)30(26)36/h9-12,20-21,26,32H,5-8,13-19,22H2,1-4H3. The number of ether oxygens (including phenoxy) is 3. The summed E-state index contributed by atoms with van der Waals surface area (Å²) in [5, 5.41) is 3.37. The Kier molecular flexibility index (Phi) is 10.5. The number of rotatable bonds is 14. The van der Waals surface area contributed by atoms with Gasteiger partial charge in [-0.2, -0.15) is 0 Å². The number of unbranched alkanes of at least 4 members (excludes halogenated alkanes) is 2. The fourth-order valence-electron chi connectivity index (χ4n) is 5.33. The number of urea groups is 1. The zero-order valence-electron chi connectivity index (χ0n) is 24.4. The normalized spacial score (nSPS) is 17.5. The molecule has 0 aromatic heterocycles. The number of hydrogen-bond donors (Lipinski definition) is 1. The summed E-state index contributed by atoms with van der Waals surface area (Å²) >= 11 is 0. The van der Waals surface area contributed by atoms with Crippen LogP contribution in [0.1, 0.15) is 50.2 Å². The highest BCUT2D eigenvalue weighted by Crippen LogP contribution is 2.34. The minimum absolute atomic E-state index is 0.0325. The van der Waals surface area contributed by atoms with Crippen molar-refractivity contribution in [2.75, 3.05) is 59.0 Å². The van der Waals surface area contributed by atoms with Crippen molar-refractivity contribution in [2.24, 2.45) is 0 Å². The van der Waals surface area contributed by atoms with E-state index in [-0.39, 0.29) is 18.0 Å². The van der Waals surface area contributed by atoms with Crippen LogP contribution in [-0.4, -0.2) is 81.8 Å². The number of nitrogens with zero attached hydrogens (tertiary/aromatic N) is 3. The third kappa shape index (κ3) is 7.18. The molecule has 2 heterocycles. The van der Waals surface area contributed by atoms with E-state index in [1.807, 2.05) is 47.2 Å². The average Bonchev–Trinajstić information content (AvgIpc) is 3.29. The number of likely N-dealkylation sites (tertiary alicyclic amines) is 1. The number of methoxy groups -OCH3 is 2. The monoisotopic (exact) mass is 552 g/mol. The van der Waals surface area contributed by atoms with Crippen LogP contribution in [0.2, 0.25) is 0 Å². The molecule has 2 aliphatic rings. The molecule has 2 fully saturated rings. The minimum Gasteiger partial charge on any atom is -0.496 e. The van der Waals surface area contributed by atoms with Gasteiger partial charge in [-0.15, -0.1) is 0 Å². The summed E-state index contributed by atoms with van der Waals surface area (Å²) < 4.78 is 17.2. The highest BCUT2D eigenvalue weighted by atomic mass is 16.5. The Hall–Kier alpha value is -3.46. The summed E-state index contributed by atoms with van der Waals surface area (Å²) in [5.41, 5.74) is 2.91. The van der Waals surface area contributed by atoms with Crippen molar-refractivity contribution in [3.8, 4) is 17.2 Å². The first-order valence-electron chi connectivity index (χ1n) is 14.5. The van der Waals surface area contributed by atoms with Gasteiger partial charge in [0.05, 0.1) is 33.4 Å². The van der Waals surface area contributed by atoms with Gasteiger partial charge in [0.2, 0.25) is 5.91 Å². The van der Waals surface area contributed by atoms with E-state index < -0.39 is 0 Å². The molecule has 4 rings (SSSR count). The van der Waals surface area contributed by atoms with Crippen LogP contribution < -0.4 is 24.4 Å². The first kappa shape index (κ1) is 29.5. The summed E-state index contributed by atoms with van der Waals surface area (Å²) in [7, 11) is 5.14. The molecule has 2 aromatic rings. The van der Waals surface area contributed by atoms with Gasteiger partial charge in [-0.3, -0.25) is 9.69 Å². The van der Waals surface area contributed by atoms with E-state index in [9.17, 15) is 9.59 Å². The van der Waals surface area contributed by atoms with E-state index in [0.717, 1.165) is 74.2 Å². The van der Waals surface area contributed by atoms with E-state index in [2.05, 4.69) is 18.3 Å². The van der Waals surface area contributed by atoms with Gasteiger partial charge in [-0.1, -0.05) is 31.9 Å². The van der Waals surface area contributed by atoms with E-state index in [0.29, 0.717) is 37.7 Å². The number of anilines is 1. The molecule has 3 amide bonds. The number of carbonyl (C=O) groups excluding carboxylic acids is 2. The first-order valence-corrected chi connectivity index (χ1v) is 14.5. The third-order valence-electron chi connectivity index (χ3n) is 7.72. The lowest BCUT2D eigenvalue weighted by Crippen LogP contribution is -2.49. The maximum atomic E-state index is 13.6. The van der Waals surface area contributed by atoms with Gasteiger partial charge in [-0.05, 0) is 56.0 Å². The zero-order valence-corrected chi connectivity index (χ0v) is 24.4. The maximum Gasteiger partial charge on any atom is 0.324 e. The molecule has 0 saturated carbocycles. The Balaban J connectivity index is 1.39. The highest BCUT2D eigenvalue weighted by Gasteiger charge is 2.29. The summed E-state index contributed by atoms with van der Waals surface area (Å²) in [4.78, 5) is 31.2. The second-order valence-corrected chi connectivity index (χ2v) is 10.6. The van der Waals surface area contributed by atoms with Crippen molar-refractivity contribution in [3.05, 3.63) is 47.5 Å². The third-order valence-corrected chi connectivity index (χ3v) is 7.72. The molecule has 2 aromatic carbocycles. The van der Waals surface area contributed by atoms with E-state index in [4.69, 9.17) is 14.2 Å². The molecular weight excluding hydrogens is 508 g/mol. The van der Waals surface area contributed by atoms with Crippen molar-refractivity contribution in [3.63, 3.8) is 0 Å². The lowest BCUT2D eigenvalue weighted by Gasteiger charge is -2.36. The number of carbonyl (C=O) groups is 2. The Morgan fingerprint density at radius 2 is 1.77 bits per heavy atom. The van der Waals surface area contributed by atoms with Crippen LogP contribution in [0.25, 0.3) is 0 Å². The van der Waals surface area contributed by atoms with Crippen LogP contribution in [0.4, 0.5) is 10.5 Å². The Morgan fingerprint density at radius 3 is 2.50 bits per heavy atom. The number of hydrogen-bond acceptors (Lipinski definition) is 6. The fourth-order valence-corrected chi connectivity index (χ4v) is 5.33. The average molecular weight is 553 g/mol. The van der Waals surface area contributed by atoms with Gasteiger partial charge in [0.1, 0.15) is 5.75 Å². The minimum atomic E-state index is -0.0892. The topological polar surface area (TPSA) is 83.6 Å². The molecule has 1 unspecified atom stereocenters. The maximum absolute atomic E-state index is 13.6. The zero-order chi connectivity index (χ0) is 28.5. The van der Waals surface area contributed by atoms with Crippen molar-refractivity contribution < 1.29 is 23.8 Å². The van der Waals surface area contributed by atoms with Gasteiger partial charge in [-0.25, -0.2) is 4.79 Å². The second kappa shape index (κ2) is 14.3. The van der Waals surface area contributed by atoms with Crippen LogP contribution in [-0.2, 0) is 17.8 Å². The highest BCUT2D eigenvalue weighted by molar-refractivity contribution is 5.93. The summed E-state index contributed by atoms with van der Waals surface area (Å²) in [5.74, 6) is 2.27. The summed E-state index contributed by atoms with van der Waals surface area (Å²) in [6.45, 7) is 6.12. The fraction of sp³-hybridized carbons (Fsp3) is 0.548. The van der Waals surface area contributed by atoms with Crippen molar-refractivity contribution in [1.29, 1.82) is 0 Å². The van der Waals surface area contributed by atoms with Crippen LogP contribution in [0.3, 0.4) is 0 Å². The van der Waals surface area contributed by atoms with Gasteiger partial charge >= 0.3 is 6.03 Å². The number of amides is 3. The van der Waals surface area contributed by atoms with Crippen molar-refractivity contribution in [2.45, 2.75) is 58.0 Å². The largest absolute Gasteiger partial charge is 0.496 e. The van der Waals surface area contributed by atoms with E-state index >= 15 is 0 Å². The second-order valence-electron chi connectivity index (χ2n) is 10.6. The molecule has 0 aliphatic carbocycles. The molecule has 9 heteroatoms. The predicted molar refractivity (Wildman–Crippen MR) is 157 cm³/mol. The smallest absolute Gasteiger partial charge is 0.324 e. The van der Waals surface area contributed by atoms with Crippen LogP contribution in [0.15, 0.2) is 36.4 Å². The SMILES string of the molecule is CCCCCOc1cc(N2CCCN(Cc3ccc(CCNC4CCN(C)C4=O)cc3OC)C2=O)ccc1OC. The lowest BCUT2D eigenvalue weighted by atomic mass is 10.1. The quantitative estimate of drug-likeness (QED) is 0.348. The van der Waals surface area contributed by atoms with Crippen molar-refractivity contribution in [1.82, 2.24) is 15.1 Å². The van der Waals surface area contributed by atoms with Gasteiger partial charge in [0, 0.05) is 44.0 Å². The summed E-state index contributed by atoms with van der Waals surface area (Å²) in [6, 6.07) is 11.7. The van der Waals surface area contributed by atoms with Gasteiger partial charge < -0.3 is 29.3 Å². The summed E-state index contributed by atoms with van der Waals surface area (Å²) in [6.07, 6.45) is 5.73. The van der Waals surface area contributed by atoms with Gasteiger partial charge in [0.15, 0.2) is 11.5 Å². The van der Waals surface area contributed by atoms with Crippen LogP contribution in [0, 0.1) is 0 Å². The molecule has 1 N–H and O–H groups in total. The molecule has 2 aliphatic heterocycles. The number of benzene rings is 2. The molecule has 0 spiro atoms. The predicted octanol–water partition coefficient (Wildman–Crippen LogP) is 4.47. The van der Waals surface area contributed by atoms with E-state index in [1.54, 1.807) is 19.1 Å². The molecule has 0 radical (unpaired) electrons. The van der Waals surface area contributed by atoms with Crippen LogP contribution >= 0.6 is 0 Å². The van der Waals surface area contributed by atoms with Crippen molar-refractivity contribution >= 4 is 17.6 Å².